The molecule has 0 aliphatic carbocycles. The highest BCUT2D eigenvalue weighted by Crippen LogP contribution is 2.10. The molecule has 2 aromatic rings. The van der Waals surface area contributed by atoms with Crippen LogP contribution in [0, 0.1) is 0 Å². The molecule has 13 heavy (non-hydrogen) atoms. The lowest BCUT2D eigenvalue weighted by atomic mass is 10.6. The van der Waals surface area contributed by atoms with Gasteiger partial charge < -0.3 is 5.73 Å². The second kappa shape index (κ2) is 3.19. The highest BCUT2D eigenvalue weighted by molar-refractivity contribution is 7.80. The van der Waals surface area contributed by atoms with E-state index in [0.29, 0.717) is 11.0 Å². The van der Waals surface area contributed by atoms with E-state index in [1.807, 2.05) is 0 Å². The van der Waals surface area contributed by atoms with Gasteiger partial charge in [-0.15, -0.1) is 0 Å². The van der Waals surface area contributed by atoms with Gasteiger partial charge >= 0.3 is 0 Å². The van der Waals surface area contributed by atoms with Crippen molar-refractivity contribution in [1.82, 2.24) is 18.9 Å². The van der Waals surface area contributed by atoms with E-state index in [2.05, 4.69) is 14.3 Å². The third-order valence-corrected chi connectivity index (χ3v) is 2.26. The van der Waals surface area contributed by atoms with Crippen LogP contribution in [0.15, 0.2) is 18.7 Å². The Bertz CT molecular complexity index is 418. The van der Waals surface area contributed by atoms with E-state index in [0.717, 1.165) is 0 Å². The van der Waals surface area contributed by atoms with E-state index in [1.54, 1.807) is 17.0 Å². The quantitative estimate of drug-likeness (QED) is 0.726. The zero-order valence-electron chi connectivity index (χ0n) is 6.41. The minimum Gasteiger partial charge on any atom is -0.387 e. The summed E-state index contributed by atoms with van der Waals surface area (Å²) in [5.41, 5.74) is 5.47. The molecule has 0 bridgehead atoms. The van der Waals surface area contributed by atoms with E-state index < -0.39 is 0 Å². The molecule has 0 radical (unpaired) electrons. The van der Waals surface area contributed by atoms with Crippen molar-refractivity contribution in [2.24, 2.45) is 5.73 Å². The largest absolute Gasteiger partial charge is 0.387 e. The Balaban J connectivity index is 2.52. The molecule has 66 valence electrons. The van der Waals surface area contributed by atoms with Gasteiger partial charge in [0.1, 0.15) is 11.3 Å². The van der Waals surface area contributed by atoms with Gasteiger partial charge in [-0.05, 0) is 0 Å². The highest BCUT2D eigenvalue weighted by Gasteiger charge is 2.08. The Morgan fingerprint density at radius 3 is 3.00 bits per heavy atom. The van der Waals surface area contributed by atoms with Crippen molar-refractivity contribution in [3.05, 3.63) is 24.5 Å². The summed E-state index contributed by atoms with van der Waals surface area (Å²) in [6.07, 6.45) is 4.84. The number of imidazole rings is 1. The van der Waals surface area contributed by atoms with Crippen molar-refractivity contribution in [3.63, 3.8) is 0 Å². The standard InChI is InChI=1S/C6H5N5S2/c7-4(12)5-8-1-2-11(5)6-9-3-10-13-6/h1-3H,(H2,7,12). The van der Waals surface area contributed by atoms with Gasteiger partial charge in [-0.2, -0.15) is 4.37 Å². The van der Waals surface area contributed by atoms with Crippen LogP contribution < -0.4 is 5.73 Å². The predicted molar refractivity (Wildman–Crippen MR) is 52.9 cm³/mol. The number of rotatable bonds is 2. The lowest BCUT2D eigenvalue weighted by Crippen LogP contribution is -2.15. The van der Waals surface area contributed by atoms with Gasteiger partial charge in [0.25, 0.3) is 0 Å². The maximum absolute atomic E-state index is 5.47. The molecule has 0 aliphatic rings. The van der Waals surface area contributed by atoms with E-state index in [9.17, 15) is 0 Å². The Labute approximate surface area is 83.4 Å². The van der Waals surface area contributed by atoms with Crippen LogP contribution in [0.2, 0.25) is 0 Å². The normalized spacial score (nSPS) is 10.2. The first-order valence-corrected chi connectivity index (χ1v) is 4.57. The van der Waals surface area contributed by atoms with E-state index in [-0.39, 0.29) is 4.99 Å². The van der Waals surface area contributed by atoms with Gasteiger partial charge in [0.2, 0.25) is 5.13 Å². The van der Waals surface area contributed by atoms with Crippen LogP contribution >= 0.6 is 23.8 Å². The summed E-state index contributed by atoms with van der Waals surface area (Å²) >= 11 is 6.09. The van der Waals surface area contributed by atoms with Crippen molar-refractivity contribution in [1.29, 1.82) is 0 Å². The van der Waals surface area contributed by atoms with Crippen molar-refractivity contribution < 1.29 is 0 Å². The zero-order valence-corrected chi connectivity index (χ0v) is 8.05. The fourth-order valence-corrected chi connectivity index (χ4v) is 1.58. The molecule has 2 heterocycles. The molecule has 0 saturated carbocycles. The number of nitrogens with zero attached hydrogens (tertiary/aromatic N) is 4. The third-order valence-electron chi connectivity index (χ3n) is 1.42. The van der Waals surface area contributed by atoms with Crippen LogP contribution in [0.25, 0.3) is 5.13 Å². The fourth-order valence-electron chi connectivity index (χ4n) is 0.914. The Morgan fingerprint density at radius 1 is 1.54 bits per heavy atom. The van der Waals surface area contributed by atoms with Crippen LogP contribution in [0.4, 0.5) is 0 Å². The first kappa shape index (κ1) is 8.27. The van der Waals surface area contributed by atoms with Crippen molar-refractivity contribution in [3.8, 4) is 5.13 Å². The summed E-state index contributed by atoms with van der Waals surface area (Å²) in [5.74, 6) is 0.534. The summed E-state index contributed by atoms with van der Waals surface area (Å²) in [6, 6.07) is 0. The lowest BCUT2D eigenvalue weighted by Gasteiger charge is -1.99. The Hall–Kier alpha value is -1.34. The summed E-state index contributed by atoms with van der Waals surface area (Å²) < 4.78 is 5.58. The molecule has 0 aromatic carbocycles. The van der Waals surface area contributed by atoms with Crippen LogP contribution in [0.1, 0.15) is 5.82 Å². The molecular weight excluding hydrogens is 206 g/mol. The number of nitrogens with two attached hydrogens (primary N) is 1. The van der Waals surface area contributed by atoms with Crippen LogP contribution in [-0.4, -0.2) is 23.9 Å². The zero-order chi connectivity index (χ0) is 9.26. The number of aromatic nitrogens is 4. The van der Waals surface area contributed by atoms with Gasteiger partial charge in [0.15, 0.2) is 5.82 Å². The predicted octanol–water partition coefficient (Wildman–Crippen LogP) is 0.358. The second-order valence-electron chi connectivity index (χ2n) is 2.21. The van der Waals surface area contributed by atoms with Crippen LogP contribution in [-0.2, 0) is 0 Å². The molecule has 0 atom stereocenters. The number of hydrogen-bond donors (Lipinski definition) is 1. The number of thiocarbonyl (C=S) groups is 1. The average Bonchev–Trinajstić information content (AvgIpc) is 2.74. The minimum absolute atomic E-state index is 0.250. The van der Waals surface area contributed by atoms with Gasteiger partial charge in [0, 0.05) is 23.9 Å². The first-order valence-electron chi connectivity index (χ1n) is 3.39. The van der Waals surface area contributed by atoms with Gasteiger partial charge in [0.05, 0.1) is 0 Å². The third kappa shape index (κ3) is 1.43. The SMILES string of the molecule is NC(=S)c1nccn1-c1ncns1. The van der Waals surface area contributed by atoms with E-state index >= 15 is 0 Å². The second-order valence-corrected chi connectivity index (χ2v) is 3.41. The van der Waals surface area contributed by atoms with Crippen LogP contribution in [0.3, 0.4) is 0 Å². The topological polar surface area (TPSA) is 69.6 Å². The van der Waals surface area contributed by atoms with Gasteiger partial charge in [-0.25, -0.2) is 9.97 Å². The molecule has 0 amide bonds. The first-order chi connectivity index (χ1) is 6.29. The summed E-state index contributed by atoms with van der Waals surface area (Å²) in [4.78, 5) is 8.27. The molecule has 2 N–H and O–H groups in total. The van der Waals surface area contributed by atoms with Crippen molar-refractivity contribution in [2.75, 3.05) is 0 Å². The fraction of sp³-hybridized carbons (Fsp3) is 0. The lowest BCUT2D eigenvalue weighted by molar-refractivity contribution is 1.01. The average molecular weight is 211 g/mol. The maximum atomic E-state index is 5.47. The molecular formula is C6H5N5S2. The molecule has 7 heteroatoms. The molecule has 0 unspecified atom stereocenters. The monoisotopic (exact) mass is 211 g/mol. The molecule has 0 saturated heterocycles. The van der Waals surface area contributed by atoms with Gasteiger partial charge in [-0.3, -0.25) is 4.57 Å². The van der Waals surface area contributed by atoms with Crippen molar-refractivity contribution in [2.45, 2.75) is 0 Å². The summed E-state index contributed by atoms with van der Waals surface area (Å²) in [6.45, 7) is 0. The molecule has 5 nitrogen and oxygen atoms in total. The van der Waals surface area contributed by atoms with Crippen LogP contribution in [0.5, 0.6) is 0 Å². The summed E-state index contributed by atoms with van der Waals surface area (Å²) in [5, 5.41) is 0.709. The Morgan fingerprint density at radius 2 is 2.38 bits per heavy atom. The number of hydrogen-bond acceptors (Lipinski definition) is 5. The molecule has 0 aliphatic heterocycles. The smallest absolute Gasteiger partial charge is 0.214 e. The Kier molecular flexibility index (Phi) is 2.03. The molecule has 0 fully saturated rings. The summed E-state index contributed by atoms with van der Waals surface area (Å²) in [7, 11) is 0. The molecule has 2 rings (SSSR count). The van der Waals surface area contributed by atoms with E-state index in [1.165, 1.54) is 17.9 Å². The molecule has 2 aromatic heterocycles. The van der Waals surface area contributed by atoms with Gasteiger partial charge in [-0.1, -0.05) is 12.2 Å². The maximum Gasteiger partial charge on any atom is 0.214 e. The highest BCUT2D eigenvalue weighted by atomic mass is 32.1. The molecule has 0 spiro atoms. The minimum atomic E-state index is 0.250. The van der Waals surface area contributed by atoms with Crippen molar-refractivity contribution >= 4 is 28.7 Å². The van der Waals surface area contributed by atoms with E-state index in [4.69, 9.17) is 18.0 Å².